The van der Waals surface area contributed by atoms with Gasteiger partial charge in [-0.2, -0.15) is 5.26 Å². The summed E-state index contributed by atoms with van der Waals surface area (Å²) in [6.07, 6.45) is 1.64. The van der Waals surface area contributed by atoms with Gasteiger partial charge in [0.25, 0.3) is 0 Å². The molecule has 1 aliphatic heterocycles. The molecule has 2 rings (SSSR count). The molecule has 2 N–H and O–H groups in total. The highest BCUT2D eigenvalue weighted by molar-refractivity contribution is 5.53. The number of piperazine rings is 1. The van der Waals surface area contributed by atoms with Crippen LogP contribution in [0.15, 0.2) is 18.3 Å². The van der Waals surface area contributed by atoms with Gasteiger partial charge in [-0.15, -0.1) is 0 Å². The molecule has 0 aliphatic carbocycles. The Hall–Kier alpha value is -1.64. The predicted octanol–water partition coefficient (Wildman–Crippen LogP) is 0.270. The first kappa shape index (κ1) is 11.8. The molecule has 0 aromatic carbocycles. The molecular formula is C12H17N5. The van der Waals surface area contributed by atoms with Crippen LogP contribution >= 0.6 is 0 Å². The normalized spacial score (nSPS) is 16.4. The Morgan fingerprint density at radius 3 is 3.06 bits per heavy atom. The van der Waals surface area contributed by atoms with Gasteiger partial charge in [-0.1, -0.05) is 0 Å². The van der Waals surface area contributed by atoms with Crippen molar-refractivity contribution in [3.8, 4) is 6.07 Å². The summed E-state index contributed by atoms with van der Waals surface area (Å²) in [5.74, 6) is 0. The van der Waals surface area contributed by atoms with Crippen molar-refractivity contribution in [3.63, 3.8) is 0 Å². The molecule has 2 heterocycles. The Morgan fingerprint density at radius 1 is 1.47 bits per heavy atom. The summed E-state index contributed by atoms with van der Waals surface area (Å²) in [5.41, 5.74) is 1.29. The van der Waals surface area contributed by atoms with Crippen molar-refractivity contribution < 1.29 is 0 Å². The SMILES string of the molecule is N#Cc1ncccc1NCCN1CCNCC1. The number of nitrogens with zero attached hydrogens (tertiary/aromatic N) is 3. The number of nitrogens with one attached hydrogen (secondary N) is 2. The lowest BCUT2D eigenvalue weighted by atomic mass is 10.3. The van der Waals surface area contributed by atoms with Crippen molar-refractivity contribution in [2.24, 2.45) is 0 Å². The van der Waals surface area contributed by atoms with Crippen LogP contribution in [0.4, 0.5) is 5.69 Å². The van der Waals surface area contributed by atoms with Gasteiger partial charge >= 0.3 is 0 Å². The first-order chi connectivity index (χ1) is 8.40. The molecule has 0 amide bonds. The van der Waals surface area contributed by atoms with E-state index < -0.39 is 0 Å². The molecule has 0 unspecified atom stereocenters. The third-order valence-electron chi connectivity index (χ3n) is 2.87. The first-order valence-electron chi connectivity index (χ1n) is 5.92. The Bertz CT molecular complexity index is 392. The molecule has 0 atom stereocenters. The molecule has 17 heavy (non-hydrogen) atoms. The second-order valence-corrected chi connectivity index (χ2v) is 4.03. The zero-order valence-electron chi connectivity index (χ0n) is 9.82. The number of rotatable bonds is 4. The molecule has 0 bridgehead atoms. The monoisotopic (exact) mass is 231 g/mol. The summed E-state index contributed by atoms with van der Waals surface area (Å²) in [6.45, 7) is 6.17. The molecule has 0 radical (unpaired) electrons. The van der Waals surface area contributed by atoms with Crippen molar-refractivity contribution in [1.82, 2.24) is 15.2 Å². The van der Waals surface area contributed by atoms with Gasteiger partial charge in [-0.25, -0.2) is 4.98 Å². The predicted molar refractivity (Wildman–Crippen MR) is 66.8 cm³/mol. The van der Waals surface area contributed by atoms with Gasteiger partial charge in [-0.3, -0.25) is 4.90 Å². The number of nitriles is 1. The van der Waals surface area contributed by atoms with E-state index in [-0.39, 0.29) is 0 Å². The van der Waals surface area contributed by atoms with Crippen molar-refractivity contribution in [1.29, 1.82) is 5.26 Å². The van der Waals surface area contributed by atoms with Gasteiger partial charge in [0.2, 0.25) is 0 Å². The van der Waals surface area contributed by atoms with Crippen LogP contribution in [-0.2, 0) is 0 Å². The van der Waals surface area contributed by atoms with Crippen molar-refractivity contribution in [2.75, 3.05) is 44.6 Å². The van der Waals surface area contributed by atoms with Gasteiger partial charge in [0.15, 0.2) is 5.69 Å². The minimum Gasteiger partial charge on any atom is -0.381 e. The molecule has 5 heteroatoms. The van der Waals surface area contributed by atoms with Crippen LogP contribution in [0.25, 0.3) is 0 Å². The molecule has 1 saturated heterocycles. The maximum atomic E-state index is 8.90. The van der Waals surface area contributed by atoms with Crippen molar-refractivity contribution in [3.05, 3.63) is 24.0 Å². The largest absolute Gasteiger partial charge is 0.381 e. The number of hydrogen-bond donors (Lipinski definition) is 2. The zero-order valence-corrected chi connectivity index (χ0v) is 9.82. The zero-order chi connectivity index (χ0) is 11.9. The Morgan fingerprint density at radius 2 is 2.29 bits per heavy atom. The fraction of sp³-hybridized carbons (Fsp3) is 0.500. The second kappa shape index (κ2) is 6.18. The van der Waals surface area contributed by atoms with Gasteiger partial charge in [0.1, 0.15) is 6.07 Å². The summed E-state index contributed by atoms with van der Waals surface area (Å²) >= 11 is 0. The highest BCUT2D eigenvalue weighted by atomic mass is 15.2. The first-order valence-corrected chi connectivity index (χ1v) is 5.92. The number of anilines is 1. The summed E-state index contributed by atoms with van der Waals surface area (Å²) < 4.78 is 0. The fourth-order valence-corrected chi connectivity index (χ4v) is 1.92. The second-order valence-electron chi connectivity index (χ2n) is 4.03. The molecule has 1 aliphatic rings. The molecule has 0 saturated carbocycles. The molecule has 1 aromatic heterocycles. The van der Waals surface area contributed by atoms with Crippen LogP contribution < -0.4 is 10.6 Å². The number of pyridine rings is 1. The summed E-state index contributed by atoms with van der Waals surface area (Å²) in [6, 6.07) is 5.82. The van der Waals surface area contributed by atoms with Crippen LogP contribution in [0.5, 0.6) is 0 Å². The average Bonchev–Trinajstić information content (AvgIpc) is 2.40. The minimum absolute atomic E-state index is 0.466. The van der Waals surface area contributed by atoms with Crippen LogP contribution in [0.3, 0.4) is 0 Å². The lowest BCUT2D eigenvalue weighted by Gasteiger charge is -2.27. The lowest BCUT2D eigenvalue weighted by Crippen LogP contribution is -2.45. The van der Waals surface area contributed by atoms with Crippen LogP contribution in [-0.4, -0.2) is 49.2 Å². The number of aromatic nitrogens is 1. The van der Waals surface area contributed by atoms with E-state index in [0.717, 1.165) is 45.0 Å². The van der Waals surface area contributed by atoms with E-state index in [1.165, 1.54) is 0 Å². The highest BCUT2D eigenvalue weighted by Gasteiger charge is 2.08. The molecule has 1 aromatic rings. The fourth-order valence-electron chi connectivity index (χ4n) is 1.92. The maximum Gasteiger partial charge on any atom is 0.163 e. The van der Waals surface area contributed by atoms with E-state index in [2.05, 4.69) is 26.6 Å². The smallest absolute Gasteiger partial charge is 0.163 e. The Labute approximate surface area is 101 Å². The quantitative estimate of drug-likeness (QED) is 0.779. The van der Waals surface area contributed by atoms with Gasteiger partial charge in [-0.05, 0) is 12.1 Å². The standard InChI is InChI=1S/C12H17N5/c13-10-12-11(2-1-3-15-12)16-6-9-17-7-4-14-5-8-17/h1-3,14,16H,4-9H2. The molecule has 90 valence electrons. The summed E-state index contributed by atoms with van der Waals surface area (Å²) in [5, 5.41) is 15.5. The van der Waals surface area contributed by atoms with Crippen molar-refractivity contribution >= 4 is 5.69 Å². The summed E-state index contributed by atoms with van der Waals surface area (Å²) in [4.78, 5) is 6.42. The van der Waals surface area contributed by atoms with E-state index in [0.29, 0.717) is 5.69 Å². The number of hydrogen-bond acceptors (Lipinski definition) is 5. The highest BCUT2D eigenvalue weighted by Crippen LogP contribution is 2.09. The lowest BCUT2D eigenvalue weighted by molar-refractivity contribution is 0.249. The van der Waals surface area contributed by atoms with E-state index in [1.54, 1.807) is 6.20 Å². The minimum atomic E-state index is 0.466. The average molecular weight is 231 g/mol. The van der Waals surface area contributed by atoms with E-state index in [4.69, 9.17) is 5.26 Å². The van der Waals surface area contributed by atoms with Crippen LogP contribution in [0.2, 0.25) is 0 Å². The Balaban J connectivity index is 1.79. The third-order valence-corrected chi connectivity index (χ3v) is 2.87. The molecular weight excluding hydrogens is 214 g/mol. The van der Waals surface area contributed by atoms with E-state index in [9.17, 15) is 0 Å². The molecule has 5 nitrogen and oxygen atoms in total. The van der Waals surface area contributed by atoms with Gasteiger partial charge < -0.3 is 10.6 Å². The topological polar surface area (TPSA) is 64.0 Å². The van der Waals surface area contributed by atoms with Crippen molar-refractivity contribution in [2.45, 2.75) is 0 Å². The molecule has 1 fully saturated rings. The third kappa shape index (κ3) is 3.41. The molecule has 0 spiro atoms. The Kier molecular flexibility index (Phi) is 4.30. The van der Waals surface area contributed by atoms with Crippen LogP contribution in [0, 0.1) is 11.3 Å². The maximum absolute atomic E-state index is 8.90. The van der Waals surface area contributed by atoms with E-state index >= 15 is 0 Å². The van der Waals surface area contributed by atoms with Crippen LogP contribution in [0.1, 0.15) is 5.69 Å². The summed E-state index contributed by atoms with van der Waals surface area (Å²) in [7, 11) is 0. The van der Waals surface area contributed by atoms with E-state index in [1.807, 2.05) is 12.1 Å². The van der Waals surface area contributed by atoms with Gasteiger partial charge in [0.05, 0.1) is 5.69 Å². The van der Waals surface area contributed by atoms with Gasteiger partial charge in [0, 0.05) is 45.5 Å².